The number of nitrogen functional groups attached to an aromatic ring is 1. The molecule has 3 aromatic rings. The molecule has 0 bridgehead atoms. The maximum absolute atomic E-state index is 14.0. The number of anilines is 3. The molecule has 0 unspecified atom stereocenters. The minimum absolute atomic E-state index is 0.0302. The van der Waals surface area contributed by atoms with Crippen molar-refractivity contribution in [3.8, 4) is 0 Å². The summed E-state index contributed by atoms with van der Waals surface area (Å²) in [4.78, 5) is 26.0. The van der Waals surface area contributed by atoms with Crippen LogP contribution in [0.1, 0.15) is 23.1 Å². The number of para-hydroxylation sites is 2. The monoisotopic (exact) mass is 526 g/mol. The third-order valence-corrected chi connectivity index (χ3v) is 8.44. The van der Waals surface area contributed by atoms with E-state index < -0.39 is 27.9 Å². The Morgan fingerprint density at radius 2 is 1.78 bits per heavy atom. The van der Waals surface area contributed by atoms with Gasteiger partial charge in [-0.15, -0.1) is 0 Å². The first-order valence-electron chi connectivity index (χ1n) is 11.4. The Morgan fingerprint density at radius 3 is 2.50 bits per heavy atom. The minimum Gasteiger partial charge on any atom is -0.399 e. The normalized spacial score (nSPS) is 15.2. The zero-order valence-electron chi connectivity index (χ0n) is 19.9. The van der Waals surface area contributed by atoms with Crippen molar-refractivity contribution >= 4 is 50.5 Å². The lowest BCUT2D eigenvalue weighted by molar-refractivity contribution is -0.125. The molecule has 1 aliphatic rings. The van der Waals surface area contributed by atoms with Crippen molar-refractivity contribution in [2.45, 2.75) is 37.6 Å². The molecule has 0 fully saturated rings. The van der Waals surface area contributed by atoms with Gasteiger partial charge in [0.05, 0.1) is 22.7 Å². The number of hydrogen-bond acceptors (Lipinski definition) is 5. The van der Waals surface area contributed by atoms with E-state index in [0.717, 1.165) is 9.87 Å². The van der Waals surface area contributed by atoms with Gasteiger partial charge in [0.2, 0.25) is 11.8 Å². The lowest BCUT2D eigenvalue weighted by Gasteiger charge is -2.37. The molecule has 4 rings (SSSR count). The zero-order valence-corrected chi connectivity index (χ0v) is 21.5. The van der Waals surface area contributed by atoms with Crippen LogP contribution in [0.25, 0.3) is 0 Å². The van der Waals surface area contributed by atoms with Crippen LogP contribution in [0, 0.1) is 13.8 Å². The van der Waals surface area contributed by atoms with E-state index in [4.69, 9.17) is 17.3 Å². The molecule has 0 saturated carbocycles. The smallest absolute Gasteiger partial charge is 0.265 e. The molecule has 3 aromatic carbocycles. The van der Waals surface area contributed by atoms with E-state index in [9.17, 15) is 18.0 Å². The van der Waals surface area contributed by atoms with E-state index in [1.807, 2.05) is 12.1 Å². The summed E-state index contributed by atoms with van der Waals surface area (Å²) in [5.74, 6) is -1.01. The maximum Gasteiger partial charge on any atom is 0.265 e. The van der Waals surface area contributed by atoms with Gasteiger partial charge in [0.15, 0.2) is 0 Å². The predicted molar refractivity (Wildman–Crippen MR) is 142 cm³/mol. The summed E-state index contributed by atoms with van der Waals surface area (Å²) in [6, 6.07) is 15.7. The fraction of sp³-hybridized carbons (Fsp3) is 0.231. The number of halogens is 1. The zero-order chi connectivity index (χ0) is 26.0. The fourth-order valence-corrected chi connectivity index (χ4v) is 6.30. The van der Waals surface area contributed by atoms with E-state index in [0.29, 0.717) is 46.2 Å². The fourth-order valence-electron chi connectivity index (χ4n) is 4.15. The van der Waals surface area contributed by atoms with Crippen LogP contribution in [-0.4, -0.2) is 32.8 Å². The molecule has 2 amide bonds. The molecule has 1 heterocycles. The van der Waals surface area contributed by atoms with Gasteiger partial charge in [0, 0.05) is 17.3 Å². The van der Waals surface area contributed by atoms with Crippen molar-refractivity contribution in [2.75, 3.05) is 21.9 Å². The van der Waals surface area contributed by atoms with E-state index in [2.05, 4.69) is 10.6 Å². The second-order valence-corrected chi connectivity index (χ2v) is 10.9. The SMILES string of the molecule is Cc1cc(S(=O)(=O)N2c3ccccc3NC(=O)[C@H]2CC(=O)NCCc2ccc(N)cc2)c(C)cc1Cl. The molecular weight excluding hydrogens is 500 g/mol. The number of aryl methyl sites for hydroxylation is 2. The number of hydrogen-bond donors (Lipinski definition) is 3. The molecule has 0 saturated heterocycles. The molecule has 0 spiro atoms. The Labute approximate surface area is 215 Å². The summed E-state index contributed by atoms with van der Waals surface area (Å²) in [7, 11) is -4.22. The largest absolute Gasteiger partial charge is 0.399 e. The van der Waals surface area contributed by atoms with Gasteiger partial charge in [-0.25, -0.2) is 8.42 Å². The summed E-state index contributed by atoms with van der Waals surface area (Å²) >= 11 is 6.19. The molecule has 0 radical (unpaired) electrons. The first kappa shape index (κ1) is 25.5. The van der Waals surface area contributed by atoms with Crippen LogP contribution in [-0.2, 0) is 26.0 Å². The Bertz CT molecular complexity index is 1420. The van der Waals surface area contributed by atoms with Gasteiger partial charge >= 0.3 is 0 Å². The molecule has 0 aromatic heterocycles. The van der Waals surface area contributed by atoms with E-state index in [1.165, 1.54) is 6.07 Å². The summed E-state index contributed by atoms with van der Waals surface area (Å²) in [5, 5.41) is 5.97. The number of carbonyl (C=O) groups is 2. The number of amides is 2. The molecule has 0 aliphatic carbocycles. The lowest BCUT2D eigenvalue weighted by Crippen LogP contribution is -2.53. The van der Waals surface area contributed by atoms with Crippen LogP contribution in [0.15, 0.2) is 65.6 Å². The van der Waals surface area contributed by atoms with Crippen LogP contribution < -0.4 is 20.7 Å². The predicted octanol–water partition coefficient (Wildman–Crippen LogP) is 3.80. The van der Waals surface area contributed by atoms with Crippen molar-refractivity contribution in [1.29, 1.82) is 0 Å². The topological polar surface area (TPSA) is 122 Å². The Kier molecular flexibility index (Phi) is 7.23. The summed E-state index contributed by atoms with van der Waals surface area (Å²) in [6.07, 6.45) is 0.226. The Hall–Kier alpha value is -3.56. The molecule has 8 nitrogen and oxygen atoms in total. The number of sulfonamides is 1. The third-order valence-electron chi connectivity index (χ3n) is 6.07. The average molecular weight is 527 g/mol. The van der Waals surface area contributed by atoms with Gasteiger partial charge < -0.3 is 16.4 Å². The van der Waals surface area contributed by atoms with E-state index in [-0.39, 0.29) is 11.3 Å². The van der Waals surface area contributed by atoms with Crippen molar-refractivity contribution < 1.29 is 18.0 Å². The standard InChI is InChI=1S/C26H27ClN4O4S/c1-16-14-24(17(2)13-20(16)27)36(34,35)31-22-6-4-3-5-21(22)30-26(33)23(31)15-25(32)29-12-11-18-7-9-19(28)10-8-18/h3-10,13-14,23H,11-12,15,28H2,1-2H3,(H,29,32)(H,30,33)/t23-/m1/s1. The second-order valence-electron chi connectivity index (χ2n) is 8.74. The highest BCUT2D eigenvalue weighted by Crippen LogP contribution is 2.38. The first-order valence-corrected chi connectivity index (χ1v) is 13.2. The van der Waals surface area contributed by atoms with E-state index >= 15 is 0 Å². The molecule has 4 N–H and O–H groups in total. The van der Waals surface area contributed by atoms with Gasteiger partial charge in [-0.05, 0) is 73.4 Å². The highest BCUT2D eigenvalue weighted by atomic mass is 35.5. The highest BCUT2D eigenvalue weighted by Gasteiger charge is 2.42. The number of nitrogens with one attached hydrogen (secondary N) is 2. The summed E-state index contributed by atoms with van der Waals surface area (Å²) in [6.45, 7) is 3.69. The number of nitrogens with zero attached hydrogens (tertiary/aromatic N) is 1. The van der Waals surface area contributed by atoms with Crippen LogP contribution in [0.4, 0.5) is 17.1 Å². The molecule has 10 heteroatoms. The number of fused-ring (bicyclic) bond motifs is 1. The second kappa shape index (κ2) is 10.2. The van der Waals surface area contributed by atoms with Crippen molar-refractivity contribution in [3.05, 3.63) is 82.4 Å². The maximum atomic E-state index is 14.0. The first-order chi connectivity index (χ1) is 17.1. The summed E-state index contributed by atoms with van der Waals surface area (Å²) in [5.41, 5.74) is 9.03. The molecule has 1 atom stereocenters. The van der Waals surface area contributed by atoms with Crippen molar-refractivity contribution in [3.63, 3.8) is 0 Å². The number of benzene rings is 3. The average Bonchev–Trinajstić information content (AvgIpc) is 2.83. The van der Waals surface area contributed by atoms with Crippen molar-refractivity contribution in [1.82, 2.24) is 5.32 Å². The molecule has 1 aliphatic heterocycles. The minimum atomic E-state index is -4.22. The van der Waals surface area contributed by atoms with Gasteiger partial charge in [-0.2, -0.15) is 0 Å². The lowest BCUT2D eigenvalue weighted by atomic mass is 10.1. The quantitative estimate of drug-likeness (QED) is 0.404. The summed E-state index contributed by atoms with van der Waals surface area (Å²) < 4.78 is 29.0. The molecular formula is C26H27ClN4O4S. The van der Waals surface area contributed by atoms with Gasteiger partial charge in [-0.1, -0.05) is 35.9 Å². The third kappa shape index (κ3) is 5.17. The van der Waals surface area contributed by atoms with Crippen LogP contribution in [0.5, 0.6) is 0 Å². The van der Waals surface area contributed by atoms with Gasteiger partial charge in [0.1, 0.15) is 6.04 Å². The van der Waals surface area contributed by atoms with Crippen LogP contribution >= 0.6 is 11.6 Å². The van der Waals surface area contributed by atoms with Gasteiger partial charge in [-0.3, -0.25) is 13.9 Å². The highest BCUT2D eigenvalue weighted by molar-refractivity contribution is 7.93. The molecule has 188 valence electrons. The Balaban J connectivity index is 1.62. The molecule has 36 heavy (non-hydrogen) atoms. The number of rotatable bonds is 7. The van der Waals surface area contributed by atoms with Crippen molar-refractivity contribution in [2.24, 2.45) is 0 Å². The van der Waals surface area contributed by atoms with E-state index in [1.54, 1.807) is 56.3 Å². The van der Waals surface area contributed by atoms with Gasteiger partial charge in [0.25, 0.3) is 10.0 Å². The number of nitrogens with two attached hydrogens (primary N) is 1. The van der Waals surface area contributed by atoms with Crippen LogP contribution in [0.2, 0.25) is 5.02 Å². The Morgan fingerprint density at radius 1 is 1.08 bits per heavy atom. The van der Waals surface area contributed by atoms with Crippen LogP contribution in [0.3, 0.4) is 0 Å². The number of carbonyl (C=O) groups excluding carboxylic acids is 2.